The third kappa shape index (κ3) is 4.04. The number of rotatable bonds is 4. The number of amides is 1. The summed E-state index contributed by atoms with van der Waals surface area (Å²) in [5.74, 6) is -1.06. The zero-order valence-electron chi connectivity index (χ0n) is 16.4. The zero-order chi connectivity index (χ0) is 22.9. The number of nitrogens with zero attached hydrogens (tertiary/aromatic N) is 5. The van der Waals surface area contributed by atoms with Crippen LogP contribution in [-0.4, -0.2) is 32.1 Å². The van der Waals surface area contributed by atoms with Crippen LogP contribution in [0.1, 0.15) is 27.3 Å². The second kappa shape index (κ2) is 8.17. The van der Waals surface area contributed by atoms with Gasteiger partial charge in [0, 0.05) is 11.6 Å². The number of benzene rings is 2. The number of carbonyl (C=O) groups is 1. The van der Waals surface area contributed by atoms with Crippen molar-refractivity contribution in [2.24, 2.45) is 5.10 Å². The van der Waals surface area contributed by atoms with Gasteiger partial charge in [-0.2, -0.15) is 18.3 Å². The Morgan fingerprint density at radius 2 is 1.88 bits per heavy atom. The van der Waals surface area contributed by atoms with Crippen LogP contribution in [0, 0.1) is 12.7 Å². The van der Waals surface area contributed by atoms with Gasteiger partial charge in [-0.25, -0.2) is 14.5 Å². The first-order valence-electron chi connectivity index (χ1n) is 9.22. The Morgan fingerprint density at radius 1 is 1.12 bits per heavy atom. The maximum absolute atomic E-state index is 13.3. The lowest BCUT2D eigenvalue weighted by Gasteiger charge is -2.12. The molecule has 0 aliphatic carbocycles. The van der Waals surface area contributed by atoms with E-state index >= 15 is 0 Å². The maximum Gasteiger partial charge on any atom is 0.418 e. The van der Waals surface area contributed by atoms with Crippen LogP contribution in [0.2, 0.25) is 0 Å². The Morgan fingerprint density at radius 3 is 2.59 bits per heavy atom. The smallest absolute Gasteiger partial charge is 0.265 e. The molecule has 4 aromatic rings. The van der Waals surface area contributed by atoms with Gasteiger partial charge < -0.3 is 0 Å². The molecule has 0 saturated carbocycles. The van der Waals surface area contributed by atoms with Crippen LogP contribution in [0.3, 0.4) is 0 Å². The van der Waals surface area contributed by atoms with E-state index in [1.165, 1.54) is 59.6 Å². The number of hydrazone groups is 1. The summed E-state index contributed by atoms with van der Waals surface area (Å²) in [6.45, 7) is 1.55. The molecule has 0 aliphatic heterocycles. The molecule has 162 valence electrons. The molecule has 2 aromatic heterocycles. The Balaban J connectivity index is 1.64. The number of aromatic nitrogens is 4. The van der Waals surface area contributed by atoms with Gasteiger partial charge in [0.1, 0.15) is 5.82 Å². The highest BCUT2D eigenvalue weighted by Crippen LogP contribution is 2.35. The molecular weight excluding hydrogens is 428 g/mol. The lowest BCUT2D eigenvalue weighted by Crippen LogP contribution is -2.19. The van der Waals surface area contributed by atoms with Gasteiger partial charge in [0.05, 0.1) is 28.7 Å². The van der Waals surface area contributed by atoms with Crippen molar-refractivity contribution in [3.05, 3.63) is 83.1 Å². The molecule has 2 heterocycles. The highest BCUT2D eigenvalue weighted by molar-refractivity contribution is 5.95. The fourth-order valence-electron chi connectivity index (χ4n) is 3.11. The molecule has 11 heteroatoms. The van der Waals surface area contributed by atoms with Crippen molar-refractivity contribution in [3.8, 4) is 5.69 Å². The average molecular weight is 442 g/mol. The fraction of sp³-hybridized carbons (Fsp3) is 0.0952. The van der Waals surface area contributed by atoms with Crippen LogP contribution < -0.4 is 5.43 Å². The molecule has 1 amide bonds. The standard InChI is InChI=1S/C21H14F4N6O/c1-12-18(20(32)29-27-11-13-5-7-14(22)8-6-13)28-30-31(12)17-9-10-26-19-15(17)3-2-4-16(19)21(23,24)25/h2-11H,1H3,(H,29,32)/b27-11+. The summed E-state index contributed by atoms with van der Waals surface area (Å²) in [5, 5.41) is 11.8. The summed E-state index contributed by atoms with van der Waals surface area (Å²) in [7, 11) is 0. The van der Waals surface area contributed by atoms with Gasteiger partial charge in [0.2, 0.25) is 0 Å². The van der Waals surface area contributed by atoms with Crippen molar-refractivity contribution in [2.75, 3.05) is 0 Å². The number of hydrogen-bond donors (Lipinski definition) is 1. The van der Waals surface area contributed by atoms with Crippen molar-refractivity contribution in [1.29, 1.82) is 0 Å². The number of hydrogen-bond acceptors (Lipinski definition) is 5. The number of para-hydroxylation sites is 1. The highest BCUT2D eigenvalue weighted by Gasteiger charge is 2.33. The van der Waals surface area contributed by atoms with Crippen molar-refractivity contribution in [2.45, 2.75) is 13.1 Å². The molecule has 0 radical (unpaired) electrons. The van der Waals surface area contributed by atoms with E-state index in [1.54, 1.807) is 6.92 Å². The lowest BCUT2D eigenvalue weighted by atomic mass is 10.1. The Bertz CT molecular complexity index is 1330. The summed E-state index contributed by atoms with van der Waals surface area (Å²) >= 11 is 0. The Hall–Kier alpha value is -4.15. The van der Waals surface area contributed by atoms with Crippen LogP contribution in [0.5, 0.6) is 0 Å². The van der Waals surface area contributed by atoms with E-state index in [0.717, 1.165) is 6.07 Å². The topological polar surface area (TPSA) is 85.1 Å². The Labute approximate surface area is 178 Å². The minimum absolute atomic E-state index is 0.0572. The SMILES string of the molecule is Cc1c(C(=O)N/N=C/c2ccc(F)cc2)nnn1-c1ccnc2c(C(F)(F)F)cccc12. The fourth-order valence-corrected chi connectivity index (χ4v) is 3.11. The maximum atomic E-state index is 13.3. The second-order valence-corrected chi connectivity index (χ2v) is 6.72. The lowest BCUT2D eigenvalue weighted by molar-refractivity contribution is -0.136. The molecule has 0 atom stereocenters. The first-order valence-corrected chi connectivity index (χ1v) is 9.22. The minimum atomic E-state index is -4.57. The van der Waals surface area contributed by atoms with Gasteiger partial charge in [0.15, 0.2) is 5.69 Å². The van der Waals surface area contributed by atoms with Gasteiger partial charge in [-0.1, -0.05) is 29.5 Å². The van der Waals surface area contributed by atoms with Gasteiger partial charge >= 0.3 is 6.18 Å². The summed E-state index contributed by atoms with van der Waals surface area (Å²) in [4.78, 5) is 16.3. The number of carbonyl (C=O) groups excluding carboxylic acids is 1. The van der Waals surface area contributed by atoms with Crippen LogP contribution >= 0.6 is 0 Å². The van der Waals surface area contributed by atoms with Crippen molar-refractivity contribution in [1.82, 2.24) is 25.4 Å². The number of pyridine rings is 1. The normalized spacial score (nSPS) is 11.9. The Kier molecular flexibility index (Phi) is 5.39. The van der Waals surface area contributed by atoms with Gasteiger partial charge in [-0.15, -0.1) is 5.10 Å². The summed E-state index contributed by atoms with van der Waals surface area (Å²) in [6.07, 6.45) is -2.01. The predicted octanol–water partition coefficient (Wildman–Crippen LogP) is 4.05. The second-order valence-electron chi connectivity index (χ2n) is 6.72. The molecule has 0 aliphatic rings. The van der Waals surface area contributed by atoms with Crippen LogP contribution in [0.25, 0.3) is 16.6 Å². The molecule has 2 aromatic carbocycles. The average Bonchev–Trinajstić information content (AvgIpc) is 3.14. The van der Waals surface area contributed by atoms with Crippen LogP contribution in [0.4, 0.5) is 17.6 Å². The van der Waals surface area contributed by atoms with E-state index in [2.05, 4.69) is 25.8 Å². The molecule has 0 fully saturated rings. The molecular formula is C21H14F4N6O. The van der Waals surface area contributed by atoms with E-state index < -0.39 is 23.5 Å². The molecule has 32 heavy (non-hydrogen) atoms. The first kappa shape index (κ1) is 21.1. The quantitative estimate of drug-likeness (QED) is 0.294. The largest absolute Gasteiger partial charge is 0.418 e. The monoisotopic (exact) mass is 442 g/mol. The molecule has 0 bridgehead atoms. The number of nitrogens with one attached hydrogen (secondary N) is 1. The first-order chi connectivity index (χ1) is 15.3. The summed E-state index contributed by atoms with van der Waals surface area (Å²) in [6, 6.07) is 10.7. The van der Waals surface area contributed by atoms with Gasteiger partial charge in [0.25, 0.3) is 5.91 Å². The molecule has 0 saturated heterocycles. The predicted molar refractivity (Wildman–Crippen MR) is 108 cm³/mol. The molecule has 1 N–H and O–H groups in total. The number of halogens is 4. The minimum Gasteiger partial charge on any atom is -0.265 e. The zero-order valence-corrected chi connectivity index (χ0v) is 16.4. The van der Waals surface area contributed by atoms with Crippen molar-refractivity contribution >= 4 is 23.0 Å². The van der Waals surface area contributed by atoms with E-state index in [9.17, 15) is 22.4 Å². The van der Waals surface area contributed by atoms with E-state index in [1.807, 2.05) is 0 Å². The molecule has 0 spiro atoms. The highest BCUT2D eigenvalue weighted by atomic mass is 19.4. The molecule has 4 rings (SSSR count). The van der Waals surface area contributed by atoms with E-state index in [4.69, 9.17) is 0 Å². The van der Waals surface area contributed by atoms with Crippen LogP contribution in [0.15, 0.2) is 59.8 Å². The van der Waals surface area contributed by atoms with Gasteiger partial charge in [-0.3, -0.25) is 9.78 Å². The third-order valence-electron chi connectivity index (χ3n) is 4.64. The van der Waals surface area contributed by atoms with E-state index in [-0.39, 0.29) is 16.6 Å². The van der Waals surface area contributed by atoms with Gasteiger partial charge in [-0.05, 0) is 36.8 Å². The number of alkyl halides is 3. The number of fused-ring (bicyclic) bond motifs is 1. The molecule has 7 nitrogen and oxygen atoms in total. The van der Waals surface area contributed by atoms with Crippen molar-refractivity contribution < 1.29 is 22.4 Å². The summed E-state index contributed by atoms with van der Waals surface area (Å²) in [5.41, 5.74) is 2.28. The molecule has 0 unspecified atom stereocenters. The third-order valence-corrected chi connectivity index (χ3v) is 4.64. The van der Waals surface area contributed by atoms with E-state index in [0.29, 0.717) is 16.9 Å². The van der Waals surface area contributed by atoms with Crippen LogP contribution in [-0.2, 0) is 6.18 Å². The van der Waals surface area contributed by atoms with Crippen molar-refractivity contribution in [3.63, 3.8) is 0 Å². The summed E-state index contributed by atoms with van der Waals surface area (Å²) < 4.78 is 54.2.